The van der Waals surface area contributed by atoms with Crippen molar-refractivity contribution in [3.05, 3.63) is 256 Å². The van der Waals surface area contributed by atoms with Crippen LogP contribution >= 0.6 is 11.3 Å². The monoisotopic (exact) mass is 1600 g/mol. The Bertz CT molecular complexity index is 5540. The second-order valence-corrected chi connectivity index (χ2v) is 28.7. The molecule has 9 aromatic carbocycles. The van der Waals surface area contributed by atoms with Crippen LogP contribution in [0.4, 0.5) is 25.4 Å². The molecule has 0 unspecified atom stereocenters. The molecule has 0 radical (unpaired) electrons. The van der Waals surface area contributed by atoms with E-state index in [4.69, 9.17) is 29.2 Å². The van der Waals surface area contributed by atoms with E-state index in [1.165, 1.54) is 52.8 Å². The maximum Gasteiger partial charge on any atom is 0.414 e. The number of methoxy groups -OCH3 is 1. The number of rotatable bonds is 5. The summed E-state index contributed by atoms with van der Waals surface area (Å²) in [6, 6.07) is 43.2. The zero-order valence-electron chi connectivity index (χ0n) is 65.0. The van der Waals surface area contributed by atoms with Crippen molar-refractivity contribution in [1.29, 1.82) is 0 Å². The van der Waals surface area contributed by atoms with Gasteiger partial charge in [0, 0.05) is 62.2 Å². The number of phenols is 6. The number of sulfonamides is 1. The zero-order valence-corrected chi connectivity index (χ0v) is 66.6. The molecular formula is C83H88FN7O21S2. The van der Waals surface area contributed by atoms with Crippen LogP contribution in [0.5, 0.6) is 57.5 Å². The van der Waals surface area contributed by atoms with Crippen LogP contribution in [0.25, 0.3) is 32.0 Å². The second kappa shape index (κ2) is 40.8. The lowest BCUT2D eigenvalue weighted by atomic mass is 10.1. The maximum absolute atomic E-state index is 12.3. The van der Waals surface area contributed by atoms with Gasteiger partial charge in [-0.25, -0.2) is 27.2 Å². The fourth-order valence-electron chi connectivity index (χ4n) is 10.2. The number of aromatic amines is 3. The van der Waals surface area contributed by atoms with Crippen LogP contribution in [0.3, 0.4) is 0 Å². The van der Waals surface area contributed by atoms with Crippen molar-refractivity contribution in [3.8, 4) is 57.5 Å². The number of anilines is 2. The van der Waals surface area contributed by atoms with E-state index in [9.17, 15) is 71.6 Å². The number of carbonyl (C=O) groups is 6. The summed E-state index contributed by atoms with van der Waals surface area (Å²) in [5.74, 6) is 0.765. The summed E-state index contributed by atoms with van der Waals surface area (Å²) in [7, 11) is 4.39. The van der Waals surface area contributed by atoms with Crippen LogP contribution in [-0.4, -0.2) is 148 Å². The Balaban J connectivity index is 0.000000201. The molecule has 0 spiro atoms. The first-order valence-corrected chi connectivity index (χ1v) is 36.8. The number of halogens is 1. The SMILES string of the molecule is COC(=O)c1cc2c(C)ccc(O)c2[nH]1.Cc1cc(C=O)cc(C=O)c1.Cc1cc(OC(=O)N(C)C)cc(OC(=O)N(C)C)c1.Cc1ccc(O)c(F)c1.Cc1ccc(O)c2[nH]c(=O)ccc12.Cc1ccc(O)c2[nH]c(=O)sc12.Cc1ccc(O)c2c1OCC(=O)N2.Cc1ccc(O)cc1C.Cc1cccc2c1OCS(=O)(=O)N2. The lowest BCUT2D eigenvalue weighted by Gasteiger charge is -2.20. The summed E-state index contributed by atoms with van der Waals surface area (Å²) >= 11 is 1.12. The average Bonchev–Trinajstić information content (AvgIpc) is 1.42. The highest BCUT2D eigenvalue weighted by molar-refractivity contribution is 7.92. The molecule has 28 nitrogen and oxygen atoms in total. The van der Waals surface area contributed by atoms with Crippen molar-refractivity contribution in [2.45, 2.75) is 69.2 Å². The van der Waals surface area contributed by atoms with E-state index in [0.717, 1.165) is 89.5 Å². The van der Waals surface area contributed by atoms with Gasteiger partial charge in [0.25, 0.3) is 15.9 Å². The molecule has 5 heterocycles. The van der Waals surface area contributed by atoms with Crippen LogP contribution < -0.4 is 39.4 Å². The van der Waals surface area contributed by atoms with Gasteiger partial charge in [-0.15, -0.1) is 0 Å². The third-order valence-corrected chi connectivity index (χ3v) is 18.2. The molecule has 0 fully saturated rings. The molecule has 3 amide bonds. The Morgan fingerprint density at radius 1 is 0.509 bits per heavy atom. The van der Waals surface area contributed by atoms with Crippen LogP contribution in [0.15, 0.2) is 167 Å². The number of phenolic OH excluding ortho intramolecular Hbond substituents is 6. The zero-order chi connectivity index (χ0) is 84.6. The van der Waals surface area contributed by atoms with Gasteiger partial charge in [0.05, 0.1) is 28.5 Å². The summed E-state index contributed by atoms with van der Waals surface area (Å²) in [6.07, 6.45) is 0.492. The summed E-state index contributed by atoms with van der Waals surface area (Å²) < 4.78 is 62.9. The number of fused-ring (bicyclic) bond motifs is 5. The first kappa shape index (κ1) is 89.2. The Kier molecular flexibility index (Phi) is 32.0. The molecule has 31 heteroatoms. The Morgan fingerprint density at radius 3 is 1.57 bits per heavy atom. The predicted molar refractivity (Wildman–Crippen MR) is 435 cm³/mol. The molecule has 114 heavy (non-hydrogen) atoms. The summed E-state index contributed by atoms with van der Waals surface area (Å²) in [4.78, 5) is 98.2. The van der Waals surface area contributed by atoms with E-state index < -0.39 is 34.0 Å². The number of ether oxygens (including phenoxy) is 5. The number of carbonyl (C=O) groups excluding carboxylic acids is 6. The van der Waals surface area contributed by atoms with Crippen molar-refractivity contribution < 1.29 is 95.9 Å². The molecule has 11 N–H and O–H groups in total. The quantitative estimate of drug-likeness (QED) is 0.0433. The number of aromatic hydroxyl groups is 6. The number of hydrogen-bond donors (Lipinski definition) is 11. The number of esters is 1. The molecule has 600 valence electrons. The number of para-hydroxylation sites is 1. The van der Waals surface area contributed by atoms with Crippen LogP contribution in [0, 0.1) is 75.1 Å². The standard InChI is InChI=1S/C13H18N2O4.C11H11NO3.C10H9NO2.C9H9NO3.C9H8O2.C8H9NO3S.C8H7NO2S.C8H10O.C7H7FO/c1-9-6-10(18-12(16)14(2)3)8-11(7-9)19-13(17)15(4)5;1-6-3-4-9(13)10-7(6)5-8(12-10)11(14)15-2;1-6-2-4-8(12)10-7(6)3-5-9(13)11-10;1-5-2-3-6(11)8-9(5)13-4-7(12)10-8;1-7-2-8(5-10)4-9(3-7)6-11;1-6-3-2-4-7-8(6)12-5-13(10,11)9-7;1-4-2-3-5(10)6-7(4)12-8(11)9-6;1-6-3-4-8(9)5-7(6)2;1-5-2-3-7(9)6(8)4-5/h6-8H,1-5H3;3-5,12-13H,1-2H3;2-5,12H,1H3,(H,11,13);2-3,11H,4H2,1H3,(H,10,12);2-6H,1H3;2-4,9H,5H2,1H3;2-3,10H,1H3,(H,9,11);3-5,9H,1-2H3;2-4,9H,1H3. The van der Waals surface area contributed by atoms with Crippen molar-refractivity contribution >= 4 is 101 Å². The van der Waals surface area contributed by atoms with E-state index in [1.807, 2.05) is 80.5 Å². The lowest BCUT2D eigenvalue weighted by molar-refractivity contribution is -0.118. The van der Waals surface area contributed by atoms with Gasteiger partial charge in [-0.2, -0.15) is 0 Å². The largest absolute Gasteiger partial charge is 0.508 e. The molecular weight excluding hydrogens is 1510 g/mol. The first-order chi connectivity index (χ1) is 53.7. The van der Waals surface area contributed by atoms with Gasteiger partial charge in [0.15, 0.2) is 18.2 Å². The van der Waals surface area contributed by atoms with E-state index in [-0.39, 0.29) is 57.6 Å². The number of amides is 3. The van der Waals surface area contributed by atoms with Crippen LogP contribution in [0.1, 0.15) is 86.8 Å². The van der Waals surface area contributed by atoms with Gasteiger partial charge < -0.3 is 84.4 Å². The first-order valence-electron chi connectivity index (χ1n) is 34.4. The normalized spacial score (nSPS) is 11.5. The highest BCUT2D eigenvalue weighted by Crippen LogP contribution is 2.39. The van der Waals surface area contributed by atoms with Crippen molar-refractivity contribution in [1.82, 2.24) is 24.8 Å². The fraction of sp³-hybridized carbons (Fsp3) is 0.205. The van der Waals surface area contributed by atoms with E-state index in [2.05, 4.69) is 29.7 Å². The summed E-state index contributed by atoms with van der Waals surface area (Å²) in [5, 5.41) is 59.6. The predicted octanol–water partition coefficient (Wildman–Crippen LogP) is 14.8. The number of hydrogen-bond acceptors (Lipinski definition) is 22. The molecule has 3 aromatic heterocycles. The molecule has 0 bridgehead atoms. The highest BCUT2D eigenvalue weighted by Gasteiger charge is 2.23. The molecule has 2 aliphatic rings. The molecule has 0 saturated heterocycles. The number of aryl methyl sites for hydroxylation is 10. The number of pyridine rings is 1. The Morgan fingerprint density at radius 2 is 1.04 bits per heavy atom. The molecule has 0 aliphatic carbocycles. The van der Waals surface area contributed by atoms with Crippen molar-refractivity contribution in [2.75, 3.05) is 57.9 Å². The Labute approximate surface area is 659 Å². The van der Waals surface area contributed by atoms with E-state index in [1.54, 1.807) is 144 Å². The van der Waals surface area contributed by atoms with E-state index >= 15 is 0 Å². The molecule has 0 saturated carbocycles. The number of nitrogens with one attached hydrogen (secondary N) is 5. The molecule has 0 atom stereocenters. The van der Waals surface area contributed by atoms with Crippen LogP contribution in [0.2, 0.25) is 0 Å². The van der Waals surface area contributed by atoms with Crippen molar-refractivity contribution in [3.63, 3.8) is 0 Å². The van der Waals surface area contributed by atoms with Gasteiger partial charge >= 0.3 is 23.0 Å². The van der Waals surface area contributed by atoms with Crippen molar-refractivity contribution in [2.24, 2.45) is 0 Å². The molecule has 12 aromatic rings. The number of aromatic nitrogens is 3. The smallest absolute Gasteiger partial charge is 0.414 e. The summed E-state index contributed by atoms with van der Waals surface area (Å²) in [6.45, 7) is 18.9. The maximum atomic E-state index is 12.3. The lowest BCUT2D eigenvalue weighted by Crippen LogP contribution is -2.26. The Hall–Kier alpha value is -13.7. The minimum Gasteiger partial charge on any atom is -0.508 e. The number of H-pyrrole nitrogens is 3. The summed E-state index contributed by atoms with van der Waals surface area (Å²) in [5.41, 5.74) is 13.5. The molecule has 14 rings (SSSR count). The van der Waals surface area contributed by atoms with Crippen LogP contribution in [-0.2, 0) is 19.6 Å². The number of benzene rings is 9. The average molecular weight is 1600 g/mol. The topological polar surface area (TPSA) is 416 Å². The van der Waals surface area contributed by atoms with Gasteiger partial charge in [-0.1, -0.05) is 59.9 Å². The van der Waals surface area contributed by atoms with E-state index in [0.29, 0.717) is 73.5 Å². The van der Waals surface area contributed by atoms with Gasteiger partial charge in [-0.05, 0) is 222 Å². The number of aldehydes is 2. The number of nitrogens with zero attached hydrogens (tertiary/aromatic N) is 2. The fourth-order valence-corrected chi connectivity index (χ4v) is 11.8. The molecule has 2 aliphatic heterocycles. The third kappa shape index (κ3) is 26.0. The minimum atomic E-state index is -3.29. The third-order valence-electron chi connectivity index (χ3n) is 16.2. The minimum absolute atomic E-state index is 0.0112. The number of thiazole rings is 1. The van der Waals surface area contributed by atoms with Gasteiger partial charge in [0.2, 0.25) is 11.5 Å². The van der Waals surface area contributed by atoms with Gasteiger partial charge in [0.1, 0.15) is 81.2 Å². The highest BCUT2D eigenvalue weighted by atomic mass is 32.2. The second-order valence-electron chi connectivity index (χ2n) is 26.0. The van der Waals surface area contributed by atoms with Gasteiger partial charge in [-0.3, -0.25) is 28.7 Å².